The van der Waals surface area contributed by atoms with Crippen LogP contribution < -0.4 is 10.6 Å². The van der Waals surface area contributed by atoms with Crippen LogP contribution in [0.5, 0.6) is 0 Å². The molecule has 1 aromatic heterocycles. The molecule has 0 spiro atoms. The number of rotatable bonds is 3. The Hall–Kier alpha value is -2.04. The van der Waals surface area contributed by atoms with E-state index in [-0.39, 0.29) is 35.6 Å². The molecule has 168 valence electrons. The first-order valence-corrected chi connectivity index (χ1v) is 13.0. The van der Waals surface area contributed by atoms with E-state index in [0.717, 1.165) is 27.3 Å². The third-order valence-electron chi connectivity index (χ3n) is 5.87. The van der Waals surface area contributed by atoms with Crippen LogP contribution in [0.3, 0.4) is 0 Å². The first-order chi connectivity index (χ1) is 15.3. The molecule has 2 aliphatic rings. The lowest BCUT2D eigenvalue weighted by molar-refractivity contribution is 0.136. The highest BCUT2D eigenvalue weighted by Crippen LogP contribution is 2.40. The van der Waals surface area contributed by atoms with Crippen LogP contribution in [0.2, 0.25) is 10.0 Å². The van der Waals surface area contributed by atoms with E-state index in [1.54, 1.807) is 35.2 Å². The number of sulfonamides is 1. The number of cyclic esters (lactones) is 1. The number of halogens is 2. The summed E-state index contributed by atoms with van der Waals surface area (Å²) in [5, 5.41) is 1.72. The highest BCUT2D eigenvalue weighted by molar-refractivity contribution is 7.91. The number of carbonyl (C=O) groups is 1. The van der Waals surface area contributed by atoms with Crippen LogP contribution in [0.1, 0.15) is 18.4 Å². The topological polar surface area (TPSA) is 92.9 Å². The minimum atomic E-state index is -3.77. The zero-order valence-corrected chi connectivity index (χ0v) is 19.9. The third-order valence-corrected chi connectivity index (χ3v) is 9.93. The predicted molar refractivity (Wildman–Crippen MR) is 127 cm³/mol. The number of nitrogens with two attached hydrogens (primary N) is 1. The van der Waals surface area contributed by atoms with Crippen molar-refractivity contribution in [2.75, 3.05) is 23.7 Å². The quantitative estimate of drug-likeness (QED) is 0.527. The predicted octanol–water partition coefficient (Wildman–Crippen LogP) is 5.10. The molecule has 1 saturated heterocycles. The molecule has 7 nitrogen and oxygen atoms in total. The van der Waals surface area contributed by atoms with Gasteiger partial charge in [0.2, 0.25) is 0 Å². The first kappa shape index (κ1) is 21.8. The van der Waals surface area contributed by atoms with Crippen LogP contribution in [0, 0.1) is 0 Å². The molecule has 2 N–H and O–H groups in total. The van der Waals surface area contributed by atoms with E-state index in [0.29, 0.717) is 28.3 Å². The summed E-state index contributed by atoms with van der Waals surface area (Å²) in [4.78, 5) is 14.1. The fourth-order valence-electron chi connectivity index (χ4n) is 4.27. The molecule has 5 rings (SSSR count). The fourth-order valence-corrected chi connectivity index (χ4v) is 7.80. The summed E-state index contributed by atoms with van der Waals surface area (Å²) in [6, 6.07) is 10.3. The molecule has 0 radical (unpaired) electrons. The maximum absolute atomic E-state index is 13.3. The van der Waals surface area contributed by atoms with E-state index in [4.69, 9.17) is 33.7 Å². The number of fused-ring (bicyclic) bond motifs is 2. The lowest BCUT2D eigenvalue weighted by Crippen LogP contribution is -2.50. The average Bonchev–Trinajstić information content (AvgIpc) is 3.10. The maximum Gasteiger partial charge on any atom is 0.414 e. The van der Waals surface area contributed by atoms with Gasteiger partial charge in [0.25, 0.3) is 10.0 Å². The molecule has 11 heteroatoms. The number of amides is 1. The SMILES string of the molecule is Nc1c(S(=O)(=O)N2CCC(N3C(=O)OCc4cc(Cl)ccc43)CC2)sc2ccc(Cl)cc12. The van der Waals surface area contributed by atoms with Crippen molar-refractivity contribution in [1.29, 1.82) is 0 Å². The van der Waals surface area contributed by atoms with Crippen molar-refractivity contribution in [2.45, 2.75) is 29.7 Å². The Labute approximate surface area is 199 Å². The van der Waals surface area contributed by atoms with Gasteiger partial charge in [-0.1, -0.05) is 23.2 Å². The summed E-state index contributed by atoms with van der Waals surface area (Å²) < 4.78 is 34.4. The molecule has 0 bridgehead atoms. The molecular formula is C21H19Cl2N3O4S2. The van der Waals surface area contributed by atoms with Crippen molar-refractivity contribution in [3.8, 4) is 0 Å². The number of nitrogens with zero attached hydrogens (tertiary/aromatic N) is 2. The second kappa shape index (κ2) is 8.07. The van der Waals surface area contributed by atoms with E-state index in [2.05, 4.69) is 0 Å². The molecule has 3 aromatic rings. The summed E-state index contributed by atoms with van der Waals surface area (Å²) in [5.41, 5.74) is 8.01. The van der Waals surface area contributed by atoms with Gasteiger partial charge in [-0.15, -0.1) is 11.3 Å². The number of anilines is 2. The lowest BCUT2D eigenvalue weighted by atomic mass is 10.0. The second-order valence-corrected chi connectivity index (χ2v) is 11.8. The number of thiophene rings is 1. The summed E-state index contributed by atoms with van der Waals surface area (Å²) >= 11 is 13.3. The Balaban J connectivity index is 1.38. The van der Waals surface area contributed by atoms with Gasteiger partial charge in [0.15, 0.2) is 4.21 Å². The third kappa shape index (κ3) is 3.62. The standard InChI is InChI=1S/C21H19Cl2N3O4S2/c22-13-1-3-17-12(9-13)11-30-21(27)26(17)15-5-7-25(8-6-15)32(28,29)20-19(24)16-10-14(23)2-4-18(16)31-20/h1-4,9-10,15H,5-8,11,24H2. The molecule has 0 atom stereocenters. The van der Waals surface area contributed by atoms with E-state index in [1.807, 2.05) is 6.07 Å². The Morgan fingerprint density at radius 1 is 1.06 bits per heavy atom. The summed E-state index contributed by atoms with van der Waals surface area (Å²) in [6.45, 7) is 0.718. The van der Waals surface area contributed by atoms with Crippen LogP contribution in [0.25, 0.3) is 10.1 Å². The second-order valence-electron chi connectivity index (χ2n) is 7.78. The first-order valence-electron chi connectivity index (χ1n) is 9.98. The fraction of sp³-hybridized carbons (Fsp3) is 0.286. The van der Waals surface area contributed by atoms with Gasteiger partial charge >= 0.3 is 6.09 Å². The van der Waals surface area contributed by atoms with E-state index in [9.17, 15) is 13.2 Å². The zero-order valence-electron chi connectivity index (χ0n) is 16.8. The number of nitrogen functional groups attached to an aromatic ring is 1. The molecule has 0 unspecified atom stereocenters. The number of carbonyl (C=O) groups excluding carboxylic acids is 1. The van der Waals surface area contributed by atoms with E-state index in [1.165, 1.54) is 4.31 Å². The van der Waals surface area contributed by atoms with Crippen molar-refractivity contribution < 1.29 is 17.9 Å². The average molecular weight is 512 g/mol. The van der Waals surface area contributed by atoms with Crippen LogP contribution >= 0.6 is 34.5 Å². The van der Waals surface area contributed by atoms with E-state index < -0.39 is 16.1 Å². The molecule has 1 amide bonds. The van der Waals surface area contributed by atoms with E-state index >= 15 is 0 Å². The van der Waals surface area contributed by atoms with Crippen LogP contribution in [-0.4, -0.2) is 37.9 Å². The molecule has 32 heavy (non-hydrogen) atoms. The monoisotopic (exact) mass is 511 g/mol. The molecule has 3 heterocycles. The van der Waals surface area contributed by atoms with Crippen LogP contribution in [-0.2, 0) is 21.4 Å². The van der Waals surface area contributed by atoms with Gasteiger partial charge in [0, 0.05) is 44.8 Å². The molecule has 2 aromatic carbocycles. The molecule has 2 aliphatic heterocycles. The van der Waals surface area contributed by atoms with Gasteiger partial charge < -0.3 is 10.5 Å². The van der Waals surface area contributed by atoms with Gasteiger partial charge in [-0.2, -0.15) is 4.31 Å². The van der Waals surface area contributed by atoms with Crippen molar-refractivity contribution in [2.24, 2.45) is 0 Å². The van der Waals surface area contributed by atoms with Gasteiger partial charge in [-0.3, -0.25) is 4.90 Å². The maximum atomic E-state index is 13.3. The minimum Gasteiger partial charge on any atom is -0.444 e. The van der Waals surface area contributed by atoms with Gasteiger partial charge in [0.05, 0.1) is 11.4 Å². The van der Waals surface area contributed by atoms with Crippen molar-refractivity contribution >= 4 is 72.1 Å². The molecule has 0 saturated carbocycles. The highest BCUT2D eigenvalue weighted by Gasteiger charge is 2.38. The summed E-state index contributed by atoms with van der Waals surface area (Å²) in [7, 11) is -3.77. The number of hydrogen-bond donors (Lipinski definition) is 1. The van der Waals surface area contributed by atoms with Crippen molar-refractivity contribution in [1.82, 2.24) is 4.31 Å². The van der Waals surface area contributed by atoms with Gasteiger partial charge in [-0.25, -0.2) is 13.2 Å². The Bertz CT molecular complexity index is 1330. The van der Waals surface area contributed by atoms with Crippen molar-refractivity contribution in [3.63, 3.8) is 0 Å². The number of ether oxygens (including phenoxy) is 1. The number of hydrogen-bond acceptors (Lipinski definition) is 6. The van der Waals surface area contributed by atoms with Gasteiger partial charge in [-0.05, 0) is 49.2 Å². The summed E-state index contributed by atoms with van der Waals surface area (Å²) in [5.74, 6) is 0. The largest absolute Gasteiger partial charge is 0.444 e. The Kier molecular flexibility index (Phi) is 5.50. The van der Waals surface area contributed by atoms with Crippen molar-refractivity contribution in [3.05, 3.63) is 52.0 Å². The molecular weight excluding hydrogens is 493 g/mol. The normalized spacial score (nSPS) is 18.1. The Morgan fingerprint density at radius 2 is 1.75 bits per heavy atom. The zero-order chi connectivity index (χ0) is 22.6. The number of piperidine rings is 1. The Morgan fingerprint density at radius 3 is 2.50 bits per heavy atom. The van der Waals surface area contributed by atoms with Crippen LogP contribution in [0.4, 0.5) is 16.2 Å². The number of benzene rings is 2. The smallest absolute Gasteiger partial charge is 0.414 e. The van der Waals surface area contributed by atoms with Gasteiger partial charge in [0.1, 0.15) is 6.61 Å². The highest BCUT2D eigenvalue weighted by atomic mass is 35.5. The summed E-state index contributed by atoms with van der Waals surface area (Å²) in [6.07, 6.45) is 0.534. The lowest BCUT2D eigenvalue weighted by Gasteiger charge is -2.39. The molecule has 1 fully saturated rings. The molecule has 0 aliphatic carbocycles. The van der Waals surface area contributed by atoms with Crippen LogP contribution in [0.15, 0.2) is 40.6 Å². The minimum absolute atomic E-state index is 0.130.